The minimum Gasteiger partial charge on any atom is -0.478 e. The Morgan fingerprint density at radius 2 is 2.41 bits per heavy atom. The largest absolute Gasteiger partial charge is 0.478 e. The molecule has 1 aliphatic rings. The summed E-state index contributed by atoms with van der Waals surface area (Å²) in [5.41, 5.74) is 0.398. The Balaban J connectivity index is 1.94. The van der Waals surface area contributed by atoms with Crippen molar-refractivity contribution in [3.63, 3.8) is 0 Å². The molecule has 0 saturated heterocycles. The zero-order chi connectivity index (χ0) is 12.3. The molecule has 0 spiro atoms. The molecule has 1 heterocycles. The molecule has 17 heavy (non-hydrogen) atoms. The maximum Gasteiger partial charge on any atom is 0.330 e. The first-order valence-electron chi connectivity index (χ1n) is 5.83. The second-order valence-corrected chi connectivity index (χ2v) is 4.43. The average Bonchev–Trinajstić information content (AvgIpc) is 3.02. The summed E-state index contributed by atoms with van der Waals surface area (Å²) in [6.45, 7) is 3.05. The molecule has 1 saturated carbocycles. The van der Waals surface area contributed by atoms with Gasteiger partial charge in [0.25, 0.3) is 0 Å². The molecule has 0 bridgehead atoms. The number of carbonyl (C=O) groups is 1. The molecule has 0 unspecified atom stereocenters. The molecule has 1 aromatic heterocycles. The average molecular weight is 235 g/mol. The topological polar surface area (TPSA) is 53.7 Å². The summed E-state index contributed by atoms with van der Waals surface area (Å²) >= 11 is 0. The number of hydrogen-bond acceptors (Lipinski definition) is 3. The predicted octanol–water partition coefficient (Wildman–Crippen LogP) is 2.27. The number of nitrogens with zero attached hydrogens (tertiary/aromatic N) is 1. The van der Waals surface area contributed by atoms with Gasteiger partial charge in [-0.3, -0.25) is 4.90 Å². The van der Waals surface area contributed by atoms with Crippen LogP contribution < -0.4 is 0 Å². The Hall–Kier alpha value is -1.55. The zero-order valence-electron chi connectivity index (χ0n) is 9.93. The standard InChI is InChI=1S/C13H17NO3/c1-10(13(15)16)6-7-14(11-4-5-11)9-12-3-2-8-17-12/h2-3,6,8,11H,4-5,7,9H2,1H3,(H,15,16). The van der Waals surface area contributed by atoms with Gasteiger partial charge in [0.1, 0.15) is 5.76 Å². The molecule has 92 valence electrons. The van der Waals surface area contributed by atoms with E-state index in [4.69, 9.17) is 9.52 Å². The number of hydrogen-bond donors (Lipinski definition) is 1. The summed E-state index contributed by atoms with van der Waals surface area (Å²) in [6, 6.07) is 4.40. The summed E-state index contributed by atoms with van der Waals surface area (Å²) in [5, 5.41) is 8.80. The molecule has 1 aliphatic carbocycles. The molecule has 1 N–H and O–H groups in total. The van der Waals surface area contributed by atoms with Gasteiger partial charge in [0, 0.05) is 18.2 Å². The van der Waals surface area contributed by atoms with Crippen molar-refractivity contribution in [2.24, 2.45) is 0 Å². The fourth-order valence-corrected chi connectivity index (χ4v) is 1.73. The first kappa shape index (κ1) is 11.9. The quantitative estimate of drug-likeness (QED) is 0.768. The van der Waals surface area contributed by atoms with Crippen molar-refractivity contribution < 1.29 is 14.3 Å². The molecule has 0 aliphatic heterocycles. The van der Waals surface area contributed by atoms with E-state index in [0.29, 0.717) is 18.2 Å². The molecule has 4 heteroatoms. The van der Waals surface area contributed by atoms with Crippen LogP contribution >= 0.6 is 0 Å². The van der Waals surface area contributed by atoms with E-state index in [2.05, 4.69) is 4.90 Å². The highest BCUT2D eigenvalue weighted by Crippen LogP contribution is 2.28. The van der Waals surface area contributed by atoms with Crippen LogP contribution in [0.15, 0.2) is 34.5 Å². The second kappa shape index (κ2) is 5.19. The normalized spacial score (nSPS) is 16.5. The summed E-state index contributed by atoms with van der Waals surface area (Å²) in [5.74, 6) is 0.0806. The highest BCUT2D eigenvalue weighted by atomic mass is 16.4. The smallest absolute Gasteiger partial charge is 0.330 e. The van der Waals surface area contributed by atoms with Crippen LogP contribution in [0.5, 0.6) is 0 Å². The third-order valence-electron chi connectivity index (χ3n) is 2.97. The Labute approximate surface area is 101 Å². The molecule has 0 atom stereocenters. The third kappa shape index (κ3) is 3.46. The lowest BCUT2D eigenvalue weighted by Crippen LogP contribution is -2.25. The van der Waals surface area contributed by atoms with Crippen molar-refractivity contribution in [2.45, 2.75) is 32.4 Å². The van der Waals surface area contributed by atoms with Gasteiger partial charge in [-0.05, 0) is 31.9 Å². The number of carboxylic acid groups (broad SMARTS) is 1. The van der Waals surface area contributed by atoms with Gasteiger partial charge in [0.05, 0.1) is 12.8 Å². The maximum absolute atomic E-state index is 10.7. The second-order valence-electron chi connectivity index (χ2n) is 4.43. The fourth-order valence-electron chi connectivity index (χ4n) is 1.73. The van der Waals surface area contributed by atoms with E-state index in [9.17, 15) is 4.79 Å². The first-order valence-corrected chi connectivity index (χ1v) is 5.83. The Morgan fingerprint density at radius 1 is 1.65 bits per heavy atom. The van der Waals surface area contributed by atoms with Gasteiger partial charge in [-0.2, -0.15) is 0 Å². The molecule has 0 radical (unpaired) electrons. The van der Waals surface area contributed by atoms with E-state index in [1.165, 1.54) is 12.8 Å². The summed E-state index contributed by atoms with van der Waals surface area (Å²) in [4.78, 5) is 13.0. The summed E-state index contributed by atoms with van der Waals surface area (Å²) in [7, 11) is 0. The number of aliphatic carboxylic acids is 1. The van der Waals surface area contributed by atoms with Gasteiger partial charge in [0.15, 0.2) is 0 Å². The Kier molecular flexibility index (Phi) is 3.64. The van der Waals surface area contributed by atoms with Crippen LogP contribution in [-0.4, -0.2) is 28.6 Å². The molecule has 1 aromatic rings. The van der Waals surface area contributed by atoms with Crippen molar-refractivity contribution in [1.29, 1.82) is 0 Å². The Bertz CT molecular complexity index is 404. The maximum atomic E-state index is 10.7. The van der Waals surface area contributed by atoms with E-state index < -0.39 is 5.97 Å². The fraction of sp³-hybridized carbons (Fsp3) is 0.462. The van der Waals surface area contributed by atoms with Gasteiger partial charge < -0.3 is 9.52 Å². The summed E-state index contributed by atoms with van der Waals surface area (Å²) < 4.78 is 5.32. The molecule has 0 amide bonds. The van der Waals surface area contributed by atoms with Crippen LogP contribution in [0.2, 0.25) is 0 Å². The van der Waals surface area contributed by atoms with Crippen molar-refractivity contribution >= 4 is 5.97 Å². The predicted molar refractivity (Wildman–Crippen MR) is 63.5 cm³/mol. The van der Waals surface area contributed by atoms with Crippen LogP contribution in [0.25, 0.3) is 0 Å². The van der Waals surface area contributed by atoms with Gasteiger partial charge in [-0.15, -0.1) is 0 Å². The van der Waals surface area contributed by atoms with Gasteiger partial charge >= 0.3 is 5.97 Å². The zero-order valence-corrected chi connectivity index (χ0v) is 9.93. The Morgan fingerprint density at radius 3 is 2.94 bits per heavy atom. The lowest BCUT2D eigenvalue weighted by Gasteiger charge is -2.18. The molecule has 4 nitrogen and oxygen atoms in total. The van der Waals surface area contributed by atoms with Gasteiger partial charge in [0.2, 0.25) is 0 Å². The molecular formula is C13H17NO3. The lowest BCUT2D eigenvalue weighted by molar-refractivity contribution is -0.132. The minimum atomic E-state index is -0.848. The van der Waals surface area contributed by atoms with E-state index in [0.717, 1.165) is 12.3 Å². The van der Waals surface area contributed by atoms with E-state index in [1.807, 2.05) is 12.1 Å². The first-order chi connectivity index (χ1) is 8.16. The monoisotopic (exact) mass is 235 g/mol. The highest BCUT2D eigenvalue weighted by Gasteiger charge is 2.28. The van der Waals surface area contributed by atoms with Crippen LogP contribution in [0, 0.1) is 0 Å². The number of carboxylic acids is 1. The number of furan rings is 1. The van der Waals surface area contributed by atoms with Crippen molar-refractivity contribution in [3.05, 3.63) is 35.8 Å². The lowest BCUT2D eigenvalue weighted by atomic mass is 10.2. The van der Waals surface area contributed by atoms with Crippen molar-refractivity contribution in [1.82, 2.24) is 4.90 Å². The van der Waals surface area contributed by atoms with Crippen LogP contribution in [-0.2, 0) is 11.3 Å². The minimum absolute atomic E-state index is 0.398. The van der Waals surface area contributed by atoms with Gasteiger partial charge in [-0.25, -0.2) is 4.79 Å². The van der Waals surface area contributed by atoms with Crippen LogP contribution in [0.3, 0.4) is 0 Å². The van der Waals surface area contributed by atoms with E-state index in [1.54, 1.807) is 19.3 Å². The van der Waals surface area contributed by atoms with Crippen molar-refractivity contribution in [3.8, 4) is 0 Å². The number of rotatable bonds is 6. The van der Waals surface area contributed by atoms with E-state index >= 15 is 0 Å². The van der Waals surface area contributed by atoms with Crippen LogP contribution in [0.4, 0.5) is 0 Å². The van der Waals surface area contributed by atoms with Gasteiger partial charge in [-0.1, -0.05) is 6.08 Å². The SMILES string of the molecule is CC(=CCN(Cc1ccco1)C1CC1)C(=O)O. The van der Waals surface area contributed by atoms with Crippen LogP contribution in [0.1, 0.15) is 25.5 Å². The summed E-state index contributed by atoms with van der Waals surface area (Å²) in [6.07, 6.45) is 5.82. The van der Waals surface area contributed by atoms with Crippen molar-refractivity contribution in [2.75, 3.05) is 6.54 Å². The third-order valence-corrected chi connectivity index (χ3v) is 2.97. The molecular weight excluding hydrogens is 218 g/mol. The van der Waals surface area contributed by atoms with E-state index in [-0.39, 0.29) is 0 Å². The molecule has 2 rings (SSSR count). The highest BCUT2D eigenvalue weighted by molar-refractivity contribution is 5.85. The molecule has 1 fully saturated rings. The molecule has 0 aromatic carbocycles.